The molecule has 0 saturated carbocycles. The number of fused-ring (bicyclic) bond motifs is 1. The van der Waals surface area contributed by atoms with Gasteiger partial charge in [0.2, 0.25) is 11.8 Å². The van der Waals surface area contributed by atoms with Crippen LogP contribution in [0, 0.1) is 5.92 Å². The molecular formula is C26H36N4O4. The highest BCUT2D eigenvalue weighted by molar-refractivity contribution is 6.05. The molecule has 0 radical (unpaired) electrons. The van der Waals surface area contributed by atoms with Gasteiger partial charge in [-0.05, 0) is 81.3 Å². The van der Waals surface area contributed by atoms with Crippen molar-refractivity contribution in [3.63, 3.8) is 0 Å². The maximum atomic E-state index is 13.1. The molecule has 0 aliphatic carbocycles. The summed E-state index contributed by atoms with van der Waals surface area (Å²) < 4.78 is 6.28. The summed E-state index contributed by atoms with van der Waals surface area (Å²) in [6.07, 6.45) is 6.86. The molecule has 4 heterocycles. The molecule has 3 fully saturated rings. The van der Waals surface area contributed by atoms with Gasteiger partial charge in [0, 0.05) is 38.2 Å². The molecule has 4 aliphatic rings. The van der Waals surface area contributed by atoms with Crippen LogP contribution in [-0.4, -0.2) is 72.5 Å². The Bertz CT molecular complexity index is 929. The highest BCUT2D eigenvalue weighted by Crippen LogP contribution is 2.31. The van der Waals surface area contributed by atoms with E-state index in [1.54, 1.807) is 4.90 Å². The van der Waals surface area contributed by atoms with Gasteiger partial charge in [-0.25, -0.2) is 0 Å². The minimum absolute atomic E-state index is 0.108. The van der Waals surface area contributed by atoms with Crippen molar-refractivity contribution < 1.29 is 19.1 Å². The van der Waals surface area contributed by atoms with Gasteiger partial charge >= 0.3 is 0 Å². The van der Waals surface area contributed by atoms with Crippen LogP contribution in [0.15, 0.2) is 18.2 Å². The van der Waals surface area contributed by atoms with Crippen molar-refractivity contribution in [1.82, 2.24) is 20.4 Å². The Morgan fingerprint density at radius 3 is 2.82 bits per heavy atom. The average molecular weight is 469 g/mol. The van der Waals surface area contributed by atoms with E-state index in [0.717, 1.165) is 75.6 Å². The number of ether oxygens (including phenoxy) is 1. The van der Waals surface area contributed by atoms with E-state index in [9.17, 15) is 14.4 Å². The van der Waals surface area contributed by atoms with Crippen LogP contribution in [0.1, 0.15) is 66.4 Å². The predicted octanol–water partition coefficient (Wildman–Crippen LogP) is 1.82. The molecule has 3 unspecified atom stereocenters. The smallest absolute Gasteiger partial charge is 0.255 e. The highest BCUT2D eigenvalue weighted by Gasteiger charge is 2.40. The minimum atomic E-state index is -0.572. The molecule has 0 spiro atoms. The van der Waals surface area contributed by atoms with Crippen molar-refractivity contribution >= 4 is 17.7 Å². The maximum absolute atomic E-state index is 13.1. The van der Waals surface area contributed by atoms with Crippen molar-refractivity contribution in [3.05, 3.63) is 34.9 Å². The van der Waals surface area contributed by atoms with Gasteiger partial charge < -0.3 is 15.0 Å². The zero-order valence-electron chi connectivity index (χ0n) is 19.9. The molecule has 3 amide bonds. The van der Waals surface area contributed by atoms with E-state index >= 15 is 0 Å². The van der Waals surface area contributed by atoms with Gasteiger partial charge in [-0.1, -0.05) is 12.1 Å². The lowest BCUT2D eigenvalue weighted by atomic mass is 9.97. The number of likely N-dealkylation sites (tertiary alicyclic amines) is 1. The number of hydrogen-bond donors (Lipinski definition) is 2. The van der Waals surface area contributed by atoms with Crippen molar-refractivity contribution in [2.24, 2.45) is 5.92 Å². The largest absolute Gasteiger partial charge is 0.377 e. The number of carbonyl (C=O) groups excluding carboxylic acids is 3. The molecule has 34 heavy (non-hydrogen) atoms. The highest BCUT2D eigenvalue weighted by atomic mass is 16.5. The first kappa shape index (κ1) is 23.5. The number of imide groups is 1. The van der Waals surface area contributed by atoms with E-state index in [1.165, 1.54) is 12.8 Å². The second-order valence-electron chi connectivity index (χ2n) is 10.2. The zero-order chi connectivity index (χ0) is 23.5. The number of nitrogens with zero attached hydrogens (tertiary/aromatic N) is 2. The van der Waals surface area contributed by atoms with Gasteiger partial charge in [0.1, 0.15) is 6.04 Å². The Hall–Kier alpha value is -2.29. The third-order valence-electron chi connectivity index (χ3n) is 7.81. The molecule has 0 aromatic heterocycles. The summed E-state index contributed by atoms with van der Waals surface area (Å²) in [6, 6.07) is 5.32. The molecule has 4 aliphatic heterocycles. The topological polar surface area (TPSA) is 91.0 Å². The van der Waals surface area contributed by atoms with Crippen LogP contribution in [0.2, 0.25) is 0 Å². The molecule has 5 rings (SSSR count). The molecule has 0 bridgehead atoms. The second-order valence-corrected chi connectivity index (χ2v) is 10.2. The Morgan fingerprint density at radius 2 is 2.00 bits per heavy atom. The van der Waals surface area contributed by atoms with Crippen LogP contribution in [0.25, 0.3) is 0 Å². The fourth-order valence-electron chi connectivity index (χ4n) is 5.90. The van der Waals surface area contributed by atoms with Crippen molar-refractivity contribution in [3.8, 4) is 0 Å². The summed E-state index contributed by atoms with van der Waals surface area (Å²) >= 11 is 0. The summed E-state index contributed by atoms with van der Waals surface area (Å²) in [5.41, 5.74) is 2.85. The number of nitrogens with one attached hydrogen (secondary N) is 2. The average Bonchev–Trinajstić information content (AvgIpc) is 3.17. The minimum Gasteiger partial charge on any atom is -0.377 e. The SMILES string of the molecule is O=C1CCC(N2Cc3c(CN4CCCC(OCCC5CCCNC5)C4)cccc3C2=O)C(=O)N1. The Morgan fingerprint density at radius 1 is 1.09 bits per heavy atom. The number of carbonyl (C=O) groups is 3. The Kier molecular flexibility index (Phi) is 7.27. The van der Waals surface area contributed by atoms with Crippen LogP contribution < -0.4 is 10.6 Å². The van der Waals surface area contributed by atoms with Crippen LogP contribution >= 0.6 is 0 Å². The Labute approximate surface area is 201 Å². The number of rotatable bonds is 7. The molecule has 3 atom stereocenters. The standard InChI is InChI=1S/C26H36N4O4/c31-24-9-8-23(25(32)28-24)30-17-22-19(5-1-7-21(22)26(30)33)15-29-12-3-6-20(16-29)34-13-10-18-4-2-11-27-14-18/h1,5,7,18,20,23,27H,2-4,6,8-17H2,(H,28,31,32). The normalized spacial score (nSPS) is 28.2. The first-order valence-corrected chi connectivity index (χ1v) is 12.9. The number of benzene rings is 1. The maximum Gasteiger partial charge on any atom is 0.255 e. The third kappa shape index (κ3) is 5.19. The third-order valence-corrected chi connectivity index (χ3v) is 7.81. The van der Waals surface area contributed by atoms with Gasteiger partial charge in [0.15, 0.2) is 0 Å². The van der Waals surface area contributed by atoms with Crippen LogP contribution in [0.5, 0.6) is 0 Å². The van der Waals surface area contributed by atoms with Gasteiger partial charge in [-0.2, -0.15) is 0 Å². The van der Waals surface area contributed by atoms with Crippen molar-refractivity contribution in [2.75, 3.05) is 32.8 Å². The molecule has 2 N–H and O–H groups in total. The van der Waals surface area contributed by atoms with Gasteiger partial charge in [0.25, 0.3) is 5.91 Å². The molecule has 8 heteroatoms. The molecule has 8 nitrogen and oxygen atoms in total. The number of hydrogen-bond acceptors (Lipinski definition) is 6. The van der Waals surface area contributed by atoms with E-state index in [0.29, 0.717) is 18.5 Å². The van der Waals surface area contributed by atoms with Gasteiger partial charge in [-0.15, -0.1) is 0 Å². The molecule has 184 valence electrons. The predicted molar refractivity (Wildman–Crippen MR) is 127 cm³/mol. The molecular weight excluding hydrogens is 432 g/mol. The van der Waals surface area contributed by atoms with E-state index in [-0.39, 0.29) is 30.2 Å². The first-order chi connectivity index (χ1) is 16.6. The van der Waals surface area contributed by atoms with Crippen LogP contribution in [-0.2, 0) is 27.4 Å². The first-order valence-electron chi connectivity index (χ1n) is 12.9. The van der Waals surface area contributed by atoms with E-state index in [2.05, 4.69) is 21.6 Å². The van der Waals surface area contributed by atoms with Gasteiger partial charge in [-0.3, -0.25) is 24.6 Å². The summed E-state index contributed by atoms with van der Waals surface area (Å²) in [5, 5.41) is 5.86. The van der Waals surface area contributed by atoms with E-state index < -0.39 is 6.04 Å². The second kappa shape index (κ2) is 10.5. The monoisotopic (exact) mass is 468 g/mol. The molecule has 1 aromatic carbocycles. The van der Waals surface area contributed by atoms with Crippen molar-refractivity contribution in [1.29, 1.82) is 0 Å². The Balaban J connectivity index is 1.18. The van der Waals surface area contributed by atoms with E-state index in [4.69, 9.17) is 4.74 Å². The summed E-state index contributed by atoms with van der Waals surface area (Å²) in [4.78, 5) is 41.1. The summed E-state index contributed by atoms with van der Waals surface area (Å²) in [7, 11) is 0. The zero-order valence-corrected chi connectivity index (χ0v) is 19.9. The lowest BCUT2D eigenvalue weighted by Gasteiger charge is -2.33. The summed E-state index contributed by atoms with van der Waals surface area (Å²) in [5.74, 6) is 0.0102. The van der Waals surface area contributed by atoms with Crippen LogP contribution in [0.4, 0.5) is 0 Å². The fourth-order valence-corrected chi connectivity index (χ4v) is 5.90. The lowest BCUT2D eigenvalue weighted by molar-refractivity contribution is -0.136. The van der Waals surface area contributed by atoms with Gasteiger partial charge in [0.05, 0.1) is 6.10 Å². The number of piperidine rings is 3. The van der Waals surface area contributed by atoms with Crippen LogP contribution in [0.3, 0.4) is 0 Å². The summed E-state index contributed by atoms with van der Waals surface area (Å²) in [6.45, 7) is 6.26. The fraction of sp³-hybridized carbons (Fsp3) is 0.654. The lowest BCUT2D eigenvalue weighted by Crippen LogP contribution is -2.52. The quantitative estimate of drug-likeness (QED) is 0.594. The van der Waals surface area contributed by atoms with E-state index in [1.807, 2.05) is 12.1 Å². The molecule has 1 aromatic rings. The number of amides is 3. The molecule has 3 saturated heterocycles. The van der Waals surface area contributed by atoms with Crippen molar-refractivity contribution in [2.45, 2.75) is 70.2 Å².